The van der Waals surface area contributed by atoms with Crippen LogP contribution in [-0.4, -0.2) is 17.6 Å². The number of hydrogen-bond acceptors (Lipinski definition) is 2. The Labute approximate surface area is 77.6 Å². The quantitative estimate of drug-likeness (QED) is 0.751. The largest absolute Gasteiger partial charge is 0.508 e. The van der Waals surface area contributed by atoms with Gasteiger partial charge in [0.2, 0.25) is 5.91 Å². The Morgan fingerprint density at radius 2 is 1.92 bits per heavy atom. The van der Waals surface area contributed by atoms with Crippen LogP contribution >= 0.6 is 0 Å². The number of phenolic OH excluding ortho intramolecular Hbond substituents is 1. The van der Waals surface area contributed by atoms with Crippen LogP contribution in [-0.2, 0) is 4.79 Å². The van der Waals surface area contributed by atoms with E-state index in [1.54, 1.807) is 29.2 Å². The van der Waals surface area contributed by atoms with Gasteiger partial charge >= 0.3 is 0 Å². The molecule has 13 heavy (non-hydrogen) atoms. The molecule has 1 aromatic carbocycles. The molecule has 0 heterocycles. The van der Waals surface area contributed by atoms with Crippen LogP contribution in [0, 0.1) is 0 Å². The molecular weight excluding hydrogens is 166 g/mol. The van der Waals surface area contributed by atoms with Crippen LogP contribution < -0.4 is 4.90 Å². The number of phenols is 1. The van der Waals surface area contributed by atoms with Crippen molar-refractivity contribution in [1.82, 2.24) is 0 Å². The molecule has 1 amide bonds. The first-order valence-corrected chi connectivity index (χ1v) is 4.22. The summed E-state index contributed by atoms with van der Waals surface area (Å²) in [6.07, 6.45) is 0. The van der Waals surface area contributed by atoms with E-state index in [1.807, 2.05) is 6.92 Å². The monoisotopic (exact) mass is 179 g/mol. The molecule has 0 radical (unpaired) electrons. The molecule has 0 aliphatic rings. The van der Waals surface area contributed by atoms with Crippen LogP contribution in [0.25, 0.3) is 0 Å². The molecule has 3 nitrogen and oxygen atoms in total. The zero-order chi connectivity index (χ0) is 9.84. The van der Waals surface area contributed by atoms with Crippen LogP contribution in [0.15, 0.2) is 24.3 Å². The summed E-state index contributed by atoms with van der Waals surface area (Å²) in [4.78, 5) is 12.8. The third-order valence-corrected chi connectivity index (χ3v) is 1.86. The van der Waals surface area contributed by atoms with Crippen molar-refractivity contribution < 1.29 is 9.90 Å². The summed E-state index contributed by atoms with van der Waals surface area (Å²) >= 11 is 0. The highest BCUT2D eigenvalue weighted by molar-refractivity contribution is 5.91. The molecule has 0 unspecified atom stereocenters. The fourth-order valence-corrected chi connectivity index (χ4v) is 1.22. The third kappa shape index (κ3) is 2.21. The van der Waals surface area contributed by atoms with Gasteiger partial charge in [-0.25, -0.2) is 0 Å². The number of amides is 1. The van der Waals surface area contributed by atoms with E-state index in [9.17, 15) is 4.79 Å². The molecule has 70 valence electrons. The maximum absolute atomic E-state index is 11.1. The number of aromatic hydroxyl groups is 1. The molecule has 1 rings (SSSR count). The molecule has 3 heteroatoms. The summed E-state index contributed by atoms with van der Waals surface area (Å²) in [6.45, 7) is 4.07. The summed E-state index contributed by atoms with van der Waals surface area (Å²) in [7, 11) is 0. The Kier molecular flexibility index (Phi) is 2.90. The lowest BCUT2D eigenvalue weighted by Crippen LogP contribution is -2.27. The molecule has 0 aliphatic heterocycles. The fourth-order valence-electron chi connectivity index (χ4n) is 1.22. The Morgan fingerprint density at radius 3 is 2.31 bits per heavy atom. The number of rotatable bonds is 2. The Morgan fingerprint density at radius 1 is 1.38 bits per heavy atom. The van der Waals surface area contributed by atoms with Crippen LogP contribution in [0.5, 0.6) is 5.75 Å². The van der Waals surface area contributed by atoms with Gasteiger partial charge in [-0.05, 0) is 31.2 Å². The molecule has 0 saturated heterocycles. The first-order chi connectivity index (χ1) is 6.15. The van der Waals surface area contributed by atoms with Crippen molar-refractivity contribution in [2.24, 2.45) is 0 Å². The van der Waals surface area contributed by atoms with Crippen LogP contribution in [0.2, 0.25) is 0 Å². The molecule has 0 aromatic heterocycles. The topological polar surface area (TPSA) is 40.5 Å². The van der Waals surface area contributed by atoms with Crippen molar-refractivity contribution in [1.29, 1.82) is 0 Å². The second kappa shape index (κ2) is 3.94. The van der Waals surface area contributed by atoms with Gasteiger partial charge in [-0.3, -0.25) is 4.79 Å². The third-order valence-electron chi connectivity index (χ3n) is 1.86. The van der Waals surface area contributed by atoms with Crippen molar-refractivity contribution in [2.45, 2.75) is 13.8 Å². The first-order valence-electron chi connectivity index (χ1n) is 4.22. The van der Waals surface area contributed by atoms with E-state index in [2.05, 4.69) is 0 Å². The SMILES string of the molecule is CCN(C(C)=O)c1ccc(O)cc1. The van der Waals surface area contributed by atoms with E-state index >= 15 is 0 Å². The Bertz CT molecular complexity index is 292. The lowest BCUT2D eigenvalue weighted by atomic mass is 10.2. The number of benzene rings is 1. The second-order valence-electron chi connectivity index (χ2n) is 2.78. The molecular formula is C10H13NO2. The normalized spacial score (nSPS) is 9.69. The maximum atomic E-state index is 11.1. The van der Waals surface area contributed by atoms with Crippen molar-refractivity contribution in [3.8, 4) is 5.75 Å². The van der Waals surface area contributed by atoms with Crippen molar-refractivity contribution in [3.05, 3.63) is 24.3 Å². The summed E-state index contributed by atoms with van der Waals surface area (Å²) in [6, 6.07) is 6.59. The number of anilines is 1. The predicted molar refractivity (Wildman–Crippen MR) is 51.8 cm³/mol. The van der Waals surface area contributed by atoms with Gasteiger partial charge in [0.15, 0.2) is 0 Å². The smallest absolute Gasteiger partial charge is 0.223 e. The van der Waals surface area contributed by atoms with Gasteiger partial charge < -0.3 is 10.0 Å². The zero-order valence-corrected chi connectivity index (χ0v) is 7.82. The minimum Gasteiger partial charge on any atom is -0.508 e. The Balaban J connectivity index is 2.92. The van der Waals surface area contributed by atoms with E-state index in [0.29, 0.717) is 6.54 Å². The molecule has 0 fully saturated rings. The average molecular weight is 179 g/mol. The number of carbonyl (C=O) groups excluding carboxylic acids is 1. The molecule has 0 bridgehead atoms. The van der Waals surface area contributed by atoms with Crippen LogP contribution in [0.1, 0.15) is 13.8 Å². The second-order valence-corrected chi connectivity index (χ2v) is 2.78. The van der Waals surface area contributed by atoms with E-state index in [1.165, 1.54) is 6.92 Å². The molecule has 0 atom stereocenters. The molecule has 0 saturated carbocycles. The van der Waals surface area contributed by atoms with E-state index in [0.717, 1.165) is 5.69 Å². The standard InChI is InChI=1S/C10H13NO2/c1-3-11(8(2)12)9-4-6-10(13)7-5-9/h4-7,13H,3H2,1-2H3. The van der Waals surface area contributed by atoms with Crippen LogP contribution in [0.4, 0.5) is 5.69 Å². The van der Waals surface area contributed by atoms with Gasteiger partial charge in [0.25, 0.3) is 0 Å². The Hall–Kier alpha value is -1.51. The first kappa shape index (κ1) is 9.58. The van der Waals surface area contributed by atoms with Crippen molar-refractivity contribution >= 4 is 11.6 Å². The van der Waals surface area contributed by atoms with Crippen LogP contribution in [0.3, 0.4) is 0 Å². The van der Waals surface area contributed by atoms with Gasteiger partial charge in [0, 0.05) is 19.2 Å². The summed E-state index contributed by atoms with van der Waals surface area (Å²) < 4.78 is 0. The molecule has 1 aromatic rings. The lowest BCUT2D eigenvalue weighted by molar-refractivity contribution is -0.116. The van der Waals surface area contributed by atoms with Gasteiger partial charge in [0.05, 0.1) is 0 Å². The molecule has 1 N–H and O–H groups in total. The van der Waals surface area contributed by atoms with E-state index < -0.39 is 0 Å². The maximum Gasteiger partial charge on any atom is 0.223 e. The predicted octanol–water partition coefficient (Wildman–Crippen LogP) is 1.76. The van der Waals surface area contributed by atoms with Gasteiger partial charge in [-0.1, -0.05) is 0 Å². The minimum absolute atomic E-state index is 0.00758. The van der Waals surface area contributed by atoms with E-state index in [-0.39, 0.29) is 11.7 Å². The number of hydrogen-bond donors (Lipinski definition) is 1. The fraction of sp³-hybridized carbons (Fsp3) is 0.300. The minimum atomic E-state index is 0.00758. The number of carbonyl (C=O) groups is 1. The van der Waals surface area contributed by atoms with Crippen molar-refractivity contribution in [2.75, 3.05) is 11.4 Å². The van der Waals surface area contributed by atoms with Crippen molar-refractivity contribution in [3.63, 3.8) is 0 Å². The highest BCUT2D eigenvalue weighted by Crippen LogP contribution is 2.17. The summed E-state index contributed by atoms with van der Waals surface area (Å²) in [5, 5.41) is 9.05. The number of nitrogens with zero attached hydrogens (tertiary/aromatic N) is 1. The highest BCUT2D eigenvalue weighted by atomic mass is 16.3. The average Bonchev–Trinajstić information content (AvgIpc) is 2.09. The van der Waals surface area contributed by atoms with Gasteiger partial charge in [-0.2, -0.15) is 0 Å². The zero-order valence-electron chi connectivity index (χ0n) is 7.82. The van der Waals surface area contributed by atoms with E-state index in [4.69, 9.17) is 5.11 Å². The summed E-state index contributed by atoms with van der Waals surface area (Å²) in [5.74, 6) is 0.219. The van der Waals surface area contributed by atoms with Gasteiger partial charge in [-0.15, -0.1) is 0 Å². The molecule has 0 aliphatic carbocycles. The highest BCUT2D eigenvalue weighted by Gasteiger charge is 2.07. The lowest BCUT2D eigenvalue weighted by Gasteiger charge is -2.18. The summed E-state index contributed by atoms with van der Waals surface area (Å²) in [5.41, 5.74) is 0.813. The van der Waals surface area contributed by atoms with Gasteiger partial charge in [0.1, 0.15) is 5.75 Å². The molecule has 0 spiro atoms.